The maximum atomic E-state index is 13.0. The third-order valence-electron chi connectivity index (χ3n) is 5.43. The molecule has 3 aromatic rings. The molecule has 1 aliphatic rings. The van der Waals surface area contributed by atoms with Gasteiger partial charge < -0.3 is 19.7 Å². The number of ether oxygens (including phenoxy) is 1. The Hall–Kier alpha value is -3.54. The molecule has 0 atom stereocenters. The number of hydrogen-bond donors (Lipinski definition) is 2. The molecule has 0 aliphatic carbocycles. The van der Waals surface area contributed by atoms with Crippen molar-refractivity contribution in [2.75, 3.05) is 13.1 Å². The van der Waals surface area contributed by atoms with E-state index in [0.29, 0.717) is 24.4 Å². The van der Waals surface area contributed by atoms with Crippen LogP contribution >= 0.6 is 0 Å². The van der Waals surface area contributed by atoms with Gasteiger partial charge >= 0.3 is 5.97 Å². The lowest BCUT2D eigenvalue weighted by Gasteiger charge is -2.27. The number of fused-ring (bicyclic) bond motifs is 1. The van der Waals surface area contributed by atoms with Gasteiger partial charge in [0.05, 0.1) is 5.56 Å². The van der Waals surface area contributed by atoms with Crippen LogP contribution in [0, 0.1) is 0 Å². The quantitative estimate of drug-likeness (QED) is 0.663. The van der Waals surface area contributed by atoms with Gasteiger partial charge in [0.25, 0.3) is 5.91 Å². The Balaban J connectivity index is 1.45. The highest BCUT2D eigenvalue weighted by Crippen LogP contribution is 2.27. The van der Waals surface area contributed by atoms with E-state index >= 15 is 0 Å². The van der Waals surface area contributed by atoms with Gasteiger partial charge in [0.15, 0.2) is 5.60 Å². The Morgan fingerprint density at radius 2 is 1.83 bits per heavy atom. The highest BCUT2D eigenvalue weighted by atomic mass is 16.5. The number of aromatic nitrogens is 1. The van der Waals surface area contributed by atoms with Crippen LogP contribution in [-0.2, 0) is 4.79 Å². The van der Waals surface area contributed by atoms with E-state index in [2.05, 4.69) is 11.1 Å². The summed E-state index contributed by atoms with van der Waals surface area (Å²) in [5.74, 6) is -0.470. The van der Waals surface area contributed by atoms with E-state index < -0.39 is 11.6 Å². The van der Waals surface area contributed by atoms with Crippen LogP contribution in [0.5, 0.6) is 5.75 Å². The van der Waals surface area contributed by atoms with Gasteiger partial charge in [-0.05, 0) is 49.6 Å². The van der Waals surface area contributed by atoms with Crippen molar-refractivity contribution in [2.24, 2.45) is 0 Å². The van der Waals surface area contributed by atoms with Crippen molar-refractivity contribution in [3.63, 3.8) is 0 Å². The van der Waals surface area contributed by atoms with Crippen LogP contribution in [0.15, 0.2) is 60.8 Å². The summed E-state index contributed by atoms with van der Waals surface area (Å²) in [5.41, 5.74) is 2.60. The Morgan fingerprint density at radius 3 is 2.50 bits per heavy atom. The summed E-state index contributed by atoms with van der Waals surface area (Å²) in [5, 5.41) is 10.1. The molecule has 1 aliphatic heterocycles. The molecular weight excluding hydrogens is 380 g/mol. The predicted octanol–water partition coefficient (Wildman–Crippen LogP) is 4.34. The molecule has 4 rings (SSSR count). The molecule has 0 spiro atoms. The van der Waals surface area contributed by atoms with E-state index in [-0.39, 0.29) is 5.91 Å². The Morgan fingerprint density at radius 1 is 1.10 bits per heavy atom. The Bertz CT molecular complexity index is 1130. The fraction of sp³-hybridized carbons (Fsp3) is 0.250. The fourth-order valence-electron chi connectivity index (χ4n) is 3.61. The van der Waals surface area contributed by atoms with Gasteiger partial charge in [0.2, 0.25) is 0 Å². The second kappa shape index (κ2) is 7.71. The number of nitrogens with one attached hydrogen (secondary N) is 1. The standard InChI is InChI=1S/C24H24N2O4/c1-24(2,23(28)29)30-18-9-7-16(8-10-18)17-11-13-26(14-12-17)22(27)20-15-25-21-6-4-3-5-19(20)21/h3-11,15,25H,12-14H2,1-2H3,(H,28,29). The average molecular weight is 404 g/mol. The van der Waals surface area contributed by atoms with Crippen molar-refractivity contribution in [3.8, 4) is 5.75 Å². The van der Waals surface area contributed by atoms with Crippen molar-refractivity contribution < 1.29 is 19.4 Å². The van der Waals surface area contributed by atoms with Crippen molar-refractivity contribution >= 4 is 28.4 Å². The van der Waals surface area contributed by atoms with Gasteiger partial charge in [-0.15, -0.1) is 0 Å². The fourth-order valence-corrected chi connectivity index (χ4v) is 3.61. The zero-order valence-corrected chi connectivity index (χ0v) is 17.0. The summed E-state index contributed by atoms with van der Waals surface area (Å²) in [6, 6.07) is 15.2. The first kappa shape index (κ1) is 19.8. The maximum absolute atomic E-state index is 13.0. The van der Waals surface area contributed by atoms with E-state index in [0.717, 1.165) is 22.9 Å². The number of para-hydroxylation sites is 1. The van der Waals surface area contributed by atoms with Crippen LogP contribution in [0.4, 0.5) is 0 Å². The summed E-state index contributed by atoms with van der Waals surface area (Å²) < 4.78 is 5.56. The molecular formula is C24H24N2O4. The van der Waals surface area contributed by atoms with E-state index in [1.807, 2.05) is 41.3 Å². The molecule has 6 heteroatoms. The summed E-state index contributed by atoms with van der Waals surface area (Å²) in [4.78, 5) is 29.2. The normalized spacial score (nSPS) is 14.5. The highest BCUT2D eigenvalue weighted by Gasteiger charge is 2.29. The molecule has 0 saturated heterocycles. The van der Waals surface area contributed by atoms with Gasteiger partial charge in [-0.25, -0.2) is 4.79 Å². The summed E-state index contributed by atoms with van der Waals surface area (Å²) >= 11 is 0. The van der Waals surface area contributed by atoms with Crippen LogP contribution in [0.2, 0.25) is 0 Å². The summed E-state index contributed by atoms with van der Waals surface area (Å²) in [6.45, 7) is 4.24. The number of carbonyl (C=O) groups is 2. The molecule has 2 N–H and O–H groups in total. The van der Waals surface area contributed by atoms with E-state index in [1.165, 1.54) is 19.4 Å². The molecule has 1 aromatic heterocycles. The van der Waals surface area contributed by atoms with Crippen molar-refractivity contribution in [1.82, 2.24) is 9.88 Å². The molecule has 0 fully saturated rings. The third kappa shape index (κ3) is 3.81. The second-order valence-corrected chi connectivity index (χ2v) is 7.92. The Kier molecular flexibility index (Phi) is 5.08. The smallest absolute Gasteiger partial charge is 0.347 e. The predicted molar refractivity (Wildman–Crippen MR) is 116 cm³/mol. The van der Waals surface area contributed by atoms with Gasteiger partial charge in [-0.1, -0.05) is 36.4 Å². The van der Waals surface area contributed by atoms with Crippen LogP contribution < -0.4 is 4.74 Å². The van der Waals surface area contributed by atoms with Crippen LogP contribution in [0.25, 0.3) is 16.5 Å². The minimum atomic E-state index is -1.28. The summed E-state index contributed by atoms with van der Waals surface area (Å²) in [6.07, 6.45) is 4.62. The third-order valence-corrected chi connectivity index (χ3v) is 5.43. The second-order valence-electron chi connectivity index (χ2n) is 7.92. The largest absolute Gasteiger partial charge is 0.478 e. The lowest BCUT2D eigenvalue weighted by Crippen LogP contribution is -2.37. The number of aromatic amines is 1. The molecule has 6 nitrogen and oxygen atoms in total. The number of nitrogens with zero attached hydrogens (tertiary/aromatic N) is 1. The lowest BCUT2D eigenvalue weighted by molar-refractivity contribution is -0.152. The monoisotopic (exact) mass is 404 g/mol. The number of carboxylic acids is 1. The molecule has 2 aromatic carbocycles. The number of carbonyl (C=O) groups excluding carboxylic acids is 1. The lowest BCUT2D eigenvalue weighted by atomic mass is 9.99. The number of hydrogen-bond acceptors (Lipinski definition) is 3. The molecule has 0 bridgehead atoms. The maximum Gasteiger partial charge on any atom is 0.347 e. The number of amides is 1. The Labute approximate surface area is 174 Å². The minimum absolute atomic E-state index is 0.0300. The zero-order chi connectivity index (χ0) is 21.3. The average Bonchev–Trinajstić information content (AvgIpc) is 3.18. The number of H-pyrrole nitrogens is 1. The van der Waals surface area contributed by atoms with Crippen molar-refractivity contribution in [1.29, 1.82) is 0 Å². The number of benzene rings is 2. The van der Waals surface area contributed by atoms with Gasteiger partial charge in [0, 0.05) is 30.2 Å². The van der Waals surface area contributed by atoms with E-state index in [1.54, 1.807) is 18.3 Å². The minimum Gasteiger partial charge on any atom is -0.478 e. The van der Waals surface area contributed by atoms with Gasteiger partial charge in [-0.2, -0.15) is 0 Å². The molecule has 1 amide bonds. The molecule has 154 valence electrons. The van der Waals surface area contributed by atoms with Crippen LogP contribution in [0.1, 0.15) is 36.2 Å². The van der Waals surface area contributed by atoms with Crippen molar-refractivity contribution in [3.05, 3.63) is 71.9 Å². The van der Waals surface area contributed by atoms with Crippen molar-refractivity contribution in [2.45, 2.75) is 25.9 Å². The van der Waals surface area contributed by atoms with Crippen LogP contribution in [0.3, 0.4) is 0 Å². The zero-order valence-electron chi connectivity index (χ0n) is 17.0. The van der Waals surface area contributed by atoms with Gasteiger partial charge in [-0.3, -0.25) is 4.79 Å². The van der Waals surface area contributed by atoms with E-state index in [9.17, 15) is 14.7 Å². The number of rotatable bonds is 5. The first-order valence-corrected chi connectivity index (χ1v) is 9.92. The molecule has 0 unspecified atom stereocenters. The number of aliphatic carboxylic acids is 1. The van der Waals surface area contributed by atoms with Gasteiger partial charge in [0.1, 0.15) is 5.75 Å². The molecule has 0 saturated carbocycles. The topological polar surface area (TPSA) is 82.6 Å². The van der Waals surface area contributed by atoms with Crippen LogP contribution in [-0.4, -0.2) is 45.6 Å². The number of carboxylic acid groups (broad SMARTS) is 1. The molecule has 0 radical (unpaired) electrons. The molecule has 2 heterocycles. The highest BCUT2D eigenvalue weighted by molar-refractivity contribution is 6.06. The summed E-state index contributed by atoms with van der Waals surface area (Å²) in [7, 11) is 0. The molecule has 30 heavy (non-hydrogen) atoms. The first-order chi connectivity index (χ1) is 14.3. The SMILES string of the molecule is CC(C)(Oc1ccc(C2=CCN(C(=O)c3c[nH]c4ccccc34)CC2)cc1)C(=O)O. The first-order valence-electron chi connectivity index (χ1n) is 9.92. The van der Waals surface area contributed by atoms with E-state index in [4.69, 9.17) is 4.74 Å².